The molecular formula is C12H10ClNO. The summed E-state index contributed by atoms with van der Waals surface area (Å²) in [7, 11) is 1.64. The average Bonchev–Trinajstić information content (AvgIpc) is 2.30. The molecule has 0 amide bonds. The molecule has 0 aliphatic carbocycles. The van der Waals surface area contributed by atoms with E-state index < -0.39 is 0 Å². The minimum atomic E-state index is 0.675. The van der Waals surface area contributed by atoms with Gasteiger partial charge >= 0.3 is 0 Å². The third-order valence-electron chi connectivity index (χ3n) is 2.17. The molecule has 1 heterocycles. The molecule has 0 radical (unpaired) electrons. The fourth-order valence-corrected chi connectivity index (χ4v) is 1.65. The van der Waals surface area contributed by atoms with Crippen LogP contribution in [-0.2, 0) is 0 Å². The van der Waals surface area contributed by atoms with Gasteiger partial charge in [0.1, 0.15) is 5.75 Å². The van der Waals surface area contributed by atoms with Crippen molar-refractivity contribution in [3.05, 3.63) is 47.7 Å². The molecule has 76 valence electrons. The average molecular weight is 220 g/mol. The molecule has 0 spiro atoms. The summed E-state index contributed by atoms with van der Waals surface area (Å²) in [6, 6.07) is 9.50. The minimum absolute atomic E-state index is 0.675. The van der Waals surface area contributed by atoms with E-state index in [0.29, 0.717) is 5.02 Å². The topological polar surface area (TPSA) is 22.1 Å². The van der Waals surface area contributed by atoms with Crippen LogP contribution < -0.4 is 4.74 Å². The Bertz CT molecular complexity index is 471. The lowest BCUT2D eigenvalue weighted by Crippen LogP contribution is -1.88. The van der Waals surface area contributed by atoms with E-state index in [-0.39, 0.29) is 0 Å². The number of aromatic nitrogens is 1. The summed E-state index contributed by atoms with van der Waals surface area (Å²) in [5.41, 5.74) is 1.84. The molecule has 0 N–H and O–H groups in total. The Morgan fingerprint density at radius 3 is 2.67 bits per heavy atom. The highest BCUT2D eigenvalue weighted by molar-refractivity contribution is 6.33. The minimum Gasteiger partial charge on any atom is -0.496 e. The summed E-state index contributed by atoms with van der Waals surface area (Å²) < 4.78 is 5.27. The van der Waals surface area contributed by atoms with Crippen LogP contribution in [0, 0.1) is 0 Å². The number of ether oxygens (including phenoxy) is 1. The summed E-state index contributed by atoms with van der Waals surface area (Å²) >= 11 is 6.09. The van der Waals surface area contributed by atoms with Gasteiger partial charge in [-0.1, -0.05) is 29.8 Å². The van der Waals surface area contributed by atoms with Gasteiger partial charge in [0.25, 0.3) is 0 Å². The van der Waals surface area contributed by atoms with Gasteiger partial charge in [-0.05, 0) is 12.1 Å². The van der Waals surface area contributed by atoms with Crippen LogP contribution in [0.1, 0.15) is 0 Å². The smallest absolute Gasteiger partial charge is 0.126 e. The lowest BCUT2D eigenvalue weighted by molar-refractivity contribution is 0.416. The molecule has 1 aromatic heterocycles. The van der Waals surface area contributed by atoms with Crippen LogP contribution in [0.25, 0.3) is 11.1 Å². The van der Waals surface area contributed by atoms with Gasteiger partial charge < -0.3 is 4.74 Å². The molecule has 0 atom stereocenters. The van der Waals surface area contributed by atoms with Crippen LogP contribution in [0.2, 0.25) is 5.02 Å². The molecule has 1 aromatic carbocycles. The lowest BCUT2D eigenvalue weighted by Gasteiger charge is -2.08. The number of para-hydroxylation sites is 1. The first-order valence-electron chi connectivity index (χ1n) is 4.56. The molecule has 0 unspecified atom stereocenters. The van der Waals surface area contributed by atoms with E-state index in [2.05, 4.69) is 4.98 Å². The molecule has 15 heavy (non-hydrogen) atoms. The Hall–Kier alpha value is -1.54. The zero-order valence-electron chi connectivity index (χ0n) is 8.27. The van der Waals surface area contributed by atoms with Crippen molar-refractivity contribution in [3.8, 4) is 16.9 Å². The number of methoxy groups -OCH3 is 1. The Kier molecular flexibility index (Phi) is 2.88. The van der Waals surface area contributed by atoms with Gasteiger partial charge in [0.05, 0.1) is 12.1 Å². The molecule has 0 bridgehead atoms. The van der Waals surface area contributed by atoms with Gasteiger partial charge in [0.2, 0.25) is 0 Å². The van der Waals surface area contributed by atoms with Gasteiger partial charge in [-0.3, -0.25) is 4.98 Å². The zero-order chi connectivity index (χ0) is 10.7. The quantitative estimate of drug-likeness (QED) is 0.772. The molecule has 2 rings (SSSR count). The van der Waals surface area contributed by atoms with Crippen LogP contribution in [-0.4, -0.2) is 12.1 Å². The fourth-order valence-electron chi connectivity index (χ4n) is 1.44. The summed E-state index contributed by atoms with van der Waals surface area (Å²) in [5, 5.41) is 0.675. The highest BCUT2D eigenvalue weighted by atomic mass is 35.5. The van der Waals surface area contributed by atoms with Crippen LogP contribution in [0.3, 0.4) is 0 Å². The van der Waals surface area contributed by atoms with Crippen molar-refractivity contribution >= 4 is 11.6 Å². The van der Waals surface area contributed by atoms with Crippen molar-refractivity contribution in [2.24, 2.45) is 0 Å². The molecular weight excluding hydrogens is 210 g/mol. The summed E-state index contributed by atoms with van der Waals surface area (Å²) in [5.74, 6) is 0.799. The fraction of sp³-hybridized carbons (Fsp3) is 0.0833. The summed E-state index contributed by atoms with van der Waals surface area (Å²) in [4.78, 5) is 4.06. The monoisotopic (exact) mass is 219 g/mol. The first-order chi connectivity index (χ1) is 7.33. The van der Waals surface area contributed by atoms with E-state index in [1.54, 1.807) is 25.6 Å². The zero-order valence-corrected chi connectivity index (χ0v) is 9.03. The third-order valence-corrected chi connectivity index (χ3v) is 2.49. The molecule has 0 saturated carbocycles. The van der Waals surface area contributed by atoms with Gasteiger partial charge in [-0.2, -0.15) is 0 Å². The maximum absolute atomic E-state index is 6.09. The first kappa shape index (κ1) is 9.99. The SMILES string of the molecule is COc1ccccc1-c1cnccc1Cl. The largest absolute Gasteiger partial charge is 0.496 e. The second-order valence-corrected chi connectivity index (χ2v) is 3.46. The Morgan fingerprint density at radius 1 is 1.13 bits per heavy atom. The first-order valence-corrected chi connectivity index (χ1v) is 4.93. The van der Waals surface area contributed by atoms with Crippen LogP contribution in [0.15, 0.2) is 42.7 Å². The van der Waals surface area contributed by atoms with Crippen LogP contribution in [0.4, 0.5) is 0 Å². The number of hydrogen-bond acceptors (Lipinski definition) is 2. The van der Waals surface area contributed by atoms with Crippen molar-refractivity contribution < 1.29 is 4.74 Å². The number of benzene rings is 1. The maximum atomic E-state index is 6.09. The van der Waals surface area contributed by atoms with E-state index in [1.807, 2.05) is 24.3 Å². The van der Waals surface area contributed by atoms with Gasteiger partial charge in [-0.25, -0.2) is 0 Å². The van der Waals surface area contributed by atoms with Gasteiger partial charge in [-0.15, -0.1) is 0 Å². The van der Waals surface area contributed by atoms with E-state index in [9.17, 15) is 0 Å². The summed E-state index contributed by atoms with van der Waals surface area (Å²) in [6.07, 6.45) is 3.40. The van der Waals surface area contributed by atoms with E-state index >= 15 is 0 Å². The van der Waals surface area contributed by atoms with Crippen molar-refractivity contribution in [2.75, 3.05) is 7.11 Å². The van der Waals surface area contributed by atoms with E-state index in [0.717, 1.165) is 16.9 Å². The van der Waals surface area contributed by atoms with Crippen LogP contribution >= 0.6 is 11.6 Å². The molecule has 0 aliphatic rings. The predicted octanol–water partition coefficient (Wildman–Crippen LogP) is 3.41. The number of nitrogens with zero attached hydrogens (tertiary/aromatic N) is 1. The molecule has 0 saturated heterocycles. The molecule has 2 aromatic rings. The Balaban J connectivity index is 2.59. The van der Waals surface area contributed by atoms with E-state index in [1.165, 1.54) is 0 Å². The number of halogens is 1. The number of rotatable bonds is 2. The van der Waals surface area contributed by atoms with Gasteiger partial charge in [0.15, 0.2) is 0 Å². The molecule has 0 aliphatic heterocycles. The van der Waals surface area contributed by atoms with Crippen LogP contribution in [0.5, 0.6) is 5.75 Å². The van der Waals surface area contributed by atoms with E-state index in [4.69, 9.17) is 16.3 Å². The van der Waals surface area contributed by atoms with Crippen molar-refractivity contribution in [1.29, 1.82) is 0 Å². The molecule has 2 nitrogen and oxygen atoms in total. The Morgan fingerprint density at radius 2 is 1.93 bits per heavy atom. The second-order valence-electron chi connectivity index (χ2n) is 3.06. The molecule has 0 fully saturated rings. The standard InChI is InChI=1S/C12H10ClNO/c1-15-12-5-3-2-4-9(12)10-8-14-7-6-11(10)13/h2-8H,1H3. The van der Waals surface area contributed by atoms with Crippen molar-refractivity contribution in [2.45, 2.75) is 0 Å². The molecule has 3 heteroatoms. The van der Waals surface area contributed by atoms with Gasteiger partial charge in [0, 0.05) is 23.5 Å². The highest BCUT2D eigenvalue weighted by Gasteiger charge is 2.07. The van der Waals surface area contributed by atoms with Crippen molar-refractivity contribution in [1.82, 2.24) is 4.98 Å². The second kappa shape index (κ2) is 4.32. The maximum Gasteiger partial charge on any atom is 0.126 e. The van der Waals surface area contributed by atoms with Crippen molar-refractivity contribution in [3.63, 3.8) is 0 Å². The number of hydrogen-bond donors (Lipinski definition) is 0. The predicted molar refractivity (Wildman–Crippen MR) is 61.2 cm³/mol. The third kappa shape index (κ3) is 1.95. The lowest BCUT2D eigenvalue weighted by atomic mass is 10.1. The normalized spacial score (nSPS) is 10.0. The number of pyridine rings is 1. The summed E-state index contributed by atoms with van der Waals surface area (Å²) in [6.45, 7) is 0. The highest BCUT2D eigenvalue weighted by Crippen LogP contribution is 2.33. The Labute approximate surface area is 93.5 Å².